The number of alkyl halides is 2. The predicted octanol–water partition coefficient (Wildman–Crippen LogP) is 3.61. The summed E-state index contributed by atoms with van der Waals surface area (Å²) in [4.78, 5) is 0. The first-order valence-corrected chi connectivity index (χ1v) is 6.74. The van der Waals surface area contributed by atoms with Crippen LogP contribution in [0.25, 0.3) is 0 Å². The lowest BCUT2D eigenvalue weighted by atomic mass is 9.82. The van der Waals surface area contributed by atoms with Crippen LogP contribution in [0.3, 0.4) is 0 Å². The molecule has 1 aromatic carbocycles. The van der Waals surface area contributed by atoms with Crippen molar-refractivity contribution in [3.8, 4) is 0 Å². The second-order valence-electron chi connectivity index (χ2n) is 5.98. The zero-order chi connectivity index (χ0) is 12.8. The highest BCUT2D eigenvalue weighted by Crippen LogP contribution is 2.46. The molecule has 0 aliphatic heterocycles. The van der Waals surface area contributed by atoms with Gasteiger partial charge in [0.2, 0.25) is 5.92 Å². The Labute approximate surface area is 106 Å². The molecule has 3 heteroatoms. The molecule has 2 N–H and O–H groups in total. The highest BCUT2D eigenvalue weighted by Gasteiger charge is 2.44. The molecule has 2 aliphatic carbocycles. The lowest BCUT2D eigenvalue weighted by molar-refractivity contribution is 0.00374. The van der Waals surface area contributed by atoms with Crippen LogP contribution in [0, 0.1) is 5.92 Å². The fraction of sp³-hybridized carbons (Fsp3) is 0.600. The van der Waals surface area contributed by atoms with Crippen LogP contribution in [0.1, 0.15) is 43.2 Å². The highest BCUT2D eigenvalue weighted by atomic mass is 19.3. The number of hydrogen-bond donors (Lipinski definition) is 1. The standard InChI is InChI=1S/C15H19F2N/c16-15(17)8-5-11(10-15)9-14(18)7-6-12-3-1-2-4-13(12)14/h1-4,11H,5-10,18H2. The zero-order valence-electron chi connectivity index (χ0n) is 10.5. The topological polar surface area (TPSA) is 26.0 Å². The molecule has 3 rings (SSSR count). The van der Waals surface area contributed by atoms with Gasteiger partial charge in [0.1, 0.15) is 0 Å². The van der Waals surface area contributed by atoms with Gasteiger partial charge >= 0.3 is 0 Å². The van der Waals surface area contributed by atoms with Crippen molar-refractivity contribution in [2.24, 2.45) is 11.7 Å². The molecule has 0 radical (unpaired) electrons. The molecule has 2 atom stereocenters. The van der Waals surface area contributed by atoms with E-state index in [1.54, 1.807) is 0 Å². The molecular formula is C15H19F2N. The van der Waals surface area contributed by atoms with Crippen LogP contribution in [0.15, 0.2) is 24.3 Å². The zero-order valence-corrected chi connectivity index (χ0v) is 10.5. The van der Waals surface area contributed by atoms with Crippen molar-refractivity contribution in [3.05, 3.63) is 35.4 Å². The van der Waals surface area contributed by atoms with E-state index in [9.17, 15) is 8.78 Å². The van der Waals surface area contributed by atoms with Gasteiger partial charge in [-0.15, -0.1) is 0 Å². The summed E-state index contributed by atoms with van der Waals surface area (Å²) < 4.78 is 26.5. The van der Waals surface area contributed by atoms with E-state index in [-0.39, 0.29) is 24.3 Å². The number of fused-ring (bicyclic) bond motifs is 1. The monoisotopic (exact) mass is 251 g/mol. The predicted molar refractivity (Wildman–Crippen MR) is 67.5 cm³/mol. The number of aryl methyl sites for hydroxylation is 1. The van der Waals surface area contributed by atoms with Crippen molar-refractivity contribution in [2.75, 3.05) is 0 Å². The van der Waals surface area contributed by atoms with Gasteiger partial charge in [0, 0.05) is 18.4 Å². The van der Waals surface area contributed by atoms with Gasteiger partial charge < -0.3 is 5.73 Å². The van der Waals surface area contributed by atoms with Gasteiger partial charge in [-0.05, 0) is 42.7 Å². The molecule has 1 saturated carbocycles. The molecule has 1 aromatic rings. The summed E-state index contributed by atoms with van der Waals surface area (Å²) in [5.74, 6) is -2.38. The number of halogens is 2. The van der Waals surface area contributed by atoms with E-state index in [0.29, 0.717) is 12.8 Å². The highest BCUT2D eigenvalue weighted by molar-refractivity contribution is 5.38. The second kappa shape index (κ2) is 4.02. The fourth-order valence-electron chi connectivity index (χ4n) is 3.66. The Kier molecular flexibility index (Phi) is 2.70. The Morgan fingerprint density at radius 1 is 1.22 bits per heavy atom. The first-order valence-electron chi connectivity index (χ1n) is 6.74. The summed E-state index contributed by atoms with van der Waals surface area (Å²) in [6, 6.07) is 8.19. The van der Waals surface area contributed by atoms with E-state index in [4.69, 9.17) is 5.73 Å². The smallest absolute Gasteiger partial charge is 0.248 e. The van der Waals surface area contributed by atoms with E-state index in [2.05, 4.69) is 12.1 Å². The minimum Gasteiger partial charge on any atom is -0.321 e. The van der Waals surface area contributed by atoms with Crippen molar-refractivity contribution < 1.29 is 8.78 Å². The van der Waals surface area contributed by atoms with Gasteiger partial charge in [0.15, 0.2) is 0 Å². The minimum absolute atomic E-state index is 0.0219. The molecule has 1 nitrogen and oxygen atoms in total. The van der Waals surface area contributed by atoms with Gasteiger partial charge in [-0.1, -0.05) is 24.3 Å². The van der Waals surface area contributed by atoms with E-state index < -0.39 is 5.92 Å². The molecule has 1 fully saturated rings. The summed E-state index contributed by atoms with van der Waals surface area (Å²) in [7, 11) is 0. The largest absolute Gasteiger partial charge is 0.321 e. The van der Waals surface area contributed by atoms with Crippen LogP contribution in [0.4, 0.5) is 8.78 Å². The summed E-state index contributed by atoms with van der Waals surface area (Å²) in [5, 5.41) is 0. The Morgan fingerprint density at radius 3 is 2.72 bits per heavy atom. The van der Waals surface area contributed by atoms with Crippen LogP contribution in [0.2, 0.25) is 0 Å². The Bertz CT molecular complexity index is 458. The molecule has 2 aliphatic rings. The van der Waals surface area contributed by atoms with Gasteiger partial charge in [0.25, 0.3) is 0 Å². The van der Waals surface area contributed by atoms with Crippen molar-refractivity contribution in [1.82, 2.24) is 0 Å². The van der Waals surface area contributed by atoms with Crippen LogP contribution in [-0.4, -0.2) is 5.92 Å². The van der Waals surface area contributed by atoms with Gasteiger partial charge in [-0.2, -0.15) is 0 Å². The SMILES string of the molecule is NC1(CC2CCC(F)(F)C2)CCc2ccccc21. The van der Waals surface area contributed by atoms with E-state index in [1.807, 2.05) is 12.1 Å². The van der Waals surface area contributed by atoms with Crippen molar-refractivity contribution in [2.45, 2.75) is 50.0 Å². The molecular weight excluding hydrogens is 232 g/mol. The molecule has 2 unspecified atom stereocenters. The molecule has 0 saturated heterocycles. The van der Waals surface area contributed by atoms with Crippen molar-refractivity contribution in [3.63, 3.8) is 0 Å². The Hall–Kier alpha value is -0.960. The number of benzene rings is 1. The molecule has 0 bridgehead atoms. The van der Waals surface area contributed by atoms with E-state index in [0.717, 1.165) is 12.8 Å². The first kappa shape index (κ1) is 12.1. The molecule has 0 amide bonds. The molecule has 98 valence electrons. The Morgan fingerprint density at radius 2 is 2.00 bits per heavy atom. The first-order chi connectivity index (χ1) is 8.49. The summed E-state index contributed by atoms with van der Waals surface area (Å²) >= 11 is 0. The number of rotatable bonds is 2. The average Bonchev–Trinajstić information content (AvgIpc) is 2.82. The van der Waals surface area contributed by atoms with Crippen molar-refractivity contribution >= 4 is 0 Å². The van der Waals surface area contributed by atoms with Gasteiger partial charge in [-0.25, -0.2) is 8.78 Å². The normalized spacial score (nSPS) is 33.6. The van der Waals surface area contributed by atoms with Crippen LogP contribution in [-0.2, 0) is 12.0 Å². The number of hydrogen-bond acceptors (Lipinski definition) is 1. The quantitative estimate of drug-likeness (QED) is 0.853. The van der Waals surface area contributed by atoms with Crippen LogP contribution in [0.5, 0.6) is 0 Å². The maximum Gasteiger partial charge on any atom is 0.248 e. The second-order valence-corrected chi connectivity index (χ2v) is 5.98. The average molecular weight is 251 g/mol. The van der Waals surface area contributed by atoms with Crippen molar-refractivity contribution in [1.29, 1.82) is 0 Å². The van der Waals surface area contributed by atoms with E-state index in [1.165, 1.54) is 11.1 Å². The maximum absolute atomic E-state index is 13.2. The maximum atomic E-state index is 13.2. The summed E-state index contributed by atoms with van der Waals surface area (Å²) in [6.07, 6.45) is 3.27. The molecule has 0 spiro atoms. The third kappa shape index (κ3) is 2.05. The third-order valence-corrected chi connectivity index (χ3v) is 4.55. The molecule has 18 heavy (non-hydrogen) atoms. The van der Waals surface area contributed by atoms with Crippen LogP contribution >= 0.6 is 0 Å². The molecule has 0 aromatic heterocycles. The third-order valence-electron chi connectivity index (χ3n) is 4.55. The number of nitrogens with two attached hydrogens (primary N) is 1. The summed E-state index contributed by atoms with van der Waals surface area (Å²) in [5.41, 5.74) is 8.60. The van der Waals surface area contributed by atoms with Gasteiger partial charge in [-0.3, -0.25) is 0 Å². The van der Waals surface area contributed by atoms with Crippen LogP contribution < -0.4 is 5.73 Å². The lowest BCUT2D eigenvalue weighted by Crippen LogP contribution is -2.36. The molecule has 0 heterocycles. The van der Waals surface area contributed by atoms with Gasteiger partial charge in [0.05, 0.1) is 0 Å². The lowest BCUT2D eigenvalue weighted by Gasteiger charge is -2.28. The Balaban J connectivity index is 1.78. The fourth-order valence-corrected chi connectivity index (χ4v) is 3.66. The minimum atomic E-state index is -2.46. The van der Waals surface area contributed by atoms with E-state index >= 15 is 0 Å². The summed E-state index contributed by atoms with van der Waals surface area (Å²) in [6.45, 7) is 0.